The molecule has 2 atom stereocenters. The number of nitrogens with one attached hydrogen (secondary N) is 1. The molecule has 4 nitrogen and oxygen atoms in total. The van der Waals surface area contributed by atoms with Crippen molar-refractivity contribution in [1.29, 1.82) is 0 Å². The molecule has 2 aliphatic heterocycles. The number of hydrogen-bond acceptors (Lipinski definition) is 3. The Labute approximate surface area is 167 Å². The van der Waals surface area contributed by atoms with Crippen LogP contribution < -0.4 is 10.2 Å². The van der Waals surface area contributed by atoms with Gasteiger partial charge in [-0.3, -0.25) is 4.79 Å². The maximum Gasteiger partial charge on any atom is 0.224 e. The molecule has 4 rings (SSSR count). The summed E-state index contributed by atoms with van der Waals surface area (Å²) in [4.78, 5) is 14.3. The zero-order chi connectivity index (χ0) is 19.7. The van der Waals surface area contributed by atoms with Crippen molar-refractivity contribution in [3.8, 4) is 11.1 Å². The van der Waals surface area contributed by atoms with Crippen LogP contribution in [0, 0.1) is 6.92 Å². The number of anilines is 1. The fraction of sp³-hybridized carbons (Fsp3) is 0.458. The molecule has 0 spiro atoms. The van der Waals surface area contributed by atoms with Crippen LogP contribution in [-0.4, -0.2) is 31.2 Å². The van der Waals surface area contributed by atoms with Crippen LogP contribution >= 0.6 is 0 Å². The van der Waals surface area contributed by atoms with Gasteiger partial charge < -0.3 is 15.0 Å². The second-order valence-corrected chi connectivity index (χ2v) is 8.22. The lowest BCUT2D eigenvalue weighted by atomic mass is 9.88. The lowest BCUT2D eigenvalue weighted by Gasteiger charge is -2.41. The maximum atomic E-state index is 12.4. The van der Waals surface area contributed by atoms with E-state index in [1.54, 1.807) is 6.92 Å². The first-order valence-corrected chi connectivity index (χ1v) is 10.4. The van der Waals surface area contributed by atoms with Crippen molar-refractivity contribution in [2.24, 2.45) is 0 Å². The molecule has 2 aromatic carbocycles. The van der Waals surface area contributed by atoms with Crippen molar-refractivity contribution in [2.45, 2.75) is 58.2 Å². The number of aryl methyl sites for hydroxylation is 1. The topological polar surface area (TPSA) is 41.6 Å². The molecular weight excluding hydrogens is 348 g/mol. The monoisotopic (exact) mass is 378 g/mol. The minimum Gasteiger partial charge on any atom is -0.381 e. The Hall–Kier alpha value is -2.17. The minimum absolute atomic E-state index is 0.113. The maximum absolute atomic E-state index is 12.4. The molecule has 148 valence electrons. The number of hydrogen-bond donors (Lipinski definition) is 1. The fourth-order valence-corrected chi connectivity index (χ4v) is 4.65. The third-order valence-electron chi connectivity index (χ3n) is 6.03. The number of amides is 1. The molecule has 4 heteroatoms. The van der Waals surface area contributed by atoms with Gasteiger partial charge in [0.1, 0.15) is 0 Å². The van der Waals surface area contributed by atoms with Crippen LogP contribution in [0.15, 0.2) is 42.5 Å². The van der Waals surface area contributed by atoms with E-state index in [1.165, 1.54) is 22.3 Å². The van der Waals surface area contributed by atoms with Gasteiger partial charge in [0.25, 0.3) is 0 Å². The van der Waals surface area contributed by atoms with Crippen molar-refractivity contribution >= 4 is 11.6 Å². The van der Waals surface area contributed by atoms with Crippen molar-refractivity contribution in [3.63, 3.8) is 0 Å². The first-order chi connectivity index (χ1) is 13.5. The molecule has 2 heterocycles. The van der Waals surface area contributed by atoms with Crippen molar-refractivity contribution in [1.82, 2.24) is 5.32 Å². The van der Waals surface area contributed by atoms with Crippen LogP contribution in [-0.2, 0) is 9.53 Å². The Bertz CT molecular complexity index is 857. The summed E-state index contributed by atoms with van der Waals surface area (Å²) in [5.41, 5.74) is 5.97. The normalized spacial score (nSPS) is 22.8. The highest BCUT2D eigenvalue weighted by Gasteiger charge is 2.33. The van der Waals surface area contributed by atoms with Crippen LogP contribution in [0.4, 0.5) is 5.69 Å². The van der Waals surface area contributed by atoms with Gasteiger partial charge in [-0.2, -0.15) is 0 Å². The second-order valence-electron chi connectivity index (χ2n) is 8.22. The summed E-state index contributed by atoms with van der Waals surface area (Å²) in [6, 6.07) is 16.1. The fourth-order valence-electron chi connectivity index (χ4n) is 4.65. The van der Waals surface area contributed by atoms with E-state index in [0.717, 1.165) is 38.2 Å². The molecule has 2 aromatic rings. The minimum atomic E-state index is 0.113. The molecule has 0 aromatic heterocycles. The molecular formula is C24H30N2O2. The molecule has 1 amide bonds. The molecule has 0 aliphatic carbocycles. The van der Waals surface area contributed by atoms with E-state index >= 15 is 0 Å². The lowest BCUT2D eigenvalue weighted by Crippen LogP contribution is -2.47. The van der Waals surface area contributed by atoms with Crippen LogP contribution in [0.25, 0.3) is 11.1 Å². The van der Waals surface area contributed by atoms with E-state index in [0.29, 0.717) is 6.04 Å². The number of rotatable bonds is 3. The highest BCUT2D eigenvalue weighted by Crippen LogP contribution is 2.40. The van der Waals surface area contributed by atoms with Gasteiger partial charge in [0, 0.05) is 44.0 Å². The highest BCUT2D eigenvalue weighted by molar-refractivity contribution is 5.94. The summed E-state index contributed by atoms with van der Waals surface area (Å²) in [6.45, 7) is 7.60. The third-order valence-corrected chi connectivity index (χ3v) is 6.03. The van der Waals surface area contributed by atoms with Gasteiger partial charge in [-0.1, -0.05) is 35.9 Å². The SMILES string of the molecule is CC(=O)N1c2ccc(-c3cccc(C)c3)cc2[C@H](NC2CCOCC2)C[C@@H]1C. The van der Waals surface area contributed by atoms with E-state index in [4.69, 9.17) is 4.74 Å². The summed E-state index contributed by atoms with van der Waals surface area (Å²) in [6.07, 6.45) is 3.03. The van der Waals surface area contributed by atoms with Crippen molar-refractivity contribution in [2.75, 3.05) is 18.1 Å². The van der Waals surface area contributed by atoms with Crippen molar-refractivity contribution in [3.05, 3.63) is 53.6 Å². The standard InChI is InChI=1S/C24H30N2O2/c1-16-5-4-6-19(13-16)20-7-8-24-22(15-20)23(14-17(2)26(24)18(3)27)25-21-9-11-28-12-10-21/h4-8,13,15,17,21,23,25H,9-12,14H2,1-3H3/t17-,23+/m0/s1. The predicted octanol–water partition coefficient (Wildman–Crippen LogP) is 4.62. The first-order valence-electron chi connectivity index (χ1n) is 10.4. The summed E-state index contributed by atoms with van der Waals surface area (Å²) < 4.78 is 5.52. The highest BCUT2D eigenvalue weighted by atomic mass is 16.5. The zero-order valence-electron chi connectivity index (χ0n) is 17.1. The molecule has 1 N–H and O–H groups in total. The lowest BCUT2D eigenvalue weighted by molar-refractivity contribution is -0.117. The van der Waals surface area contributed by atoms with E-state index in [9.17, 15) is 4.79 Å². The summed E-state index contributed by atoms with van der Waals surface area (Å²) >= 11 is 0. The number of carbonyl (C=O) groups excluding carboxylic acids is 1. The number of benzene rings is 2. The smallest absolute Gasteiger partial charge is 0.224 e. The van der Waals surface area contributed by atoms with Gasteiger partial charge in [-0.05, 0) is 61.9 Å². The van der Waals surface area contributed by atoms with Crippen LogP contribution in [0.1, 0.15) is 50.3 Å². The molecule has 2 aliphatic rings. The molecule has 28 heavy (non-hydrogen) atoms. The summed E-state index contributed by atoms with van der Waals surface area (Å²) in [5, 5.41) is 3.88. The molecule has 1 saturated heterocycles. The van der Waals surface area contributed by atoms with Gasteiger partial charge in [-0.15, -0.1) is 0 Å². The average molecular weight is 379 g/mol. The van der Waals surface area contributed by atoms with Crippen molar-refractivity contribution < 1.29 is 9.53 Å². The van der Waals surface area contributed by atoms with Crippen LogP contribution in [0.2, 0.25) is 0 Å². The summed E-state index contributed by atoms with van der Waals surface area (Å²) in [5.74, 6) is 0.113. The van der Waals surface area contributed by atoms with Gasteiger partial charge >= 0.3 is 0 Å². The largest absolute Gasteiger partial charge is 0.381 e. The number of ether oxygens (including phenoxy) is 1. The first kappa shape index (κ1) is 19.2. The summed E-state index contributed by atoms with van der Waals surface area (Å²) in [7, 11) is 0. The second kappa shape index (κ2) is 8.06. The van der Waals surface area contributed by atoms with E-state index in [-0.39, 0.29) is 18.0 Å². The third kappa shape index (κ3) is 3.85. The van der Waals surface area contributed by atoms with Crippen LogP contribution in [0.3, 0.4) is 0 Å². The Balaban J connectivity index is 1.73. The van der Waals surface area contributed by atoms with Crippen LogP contribution in [0.5, 0.6) is 0 Å². The molecule has 0 bridgehead atoms. The molecule has 0 saturated carbocycles. The van der Waals surface area contributed by atoms with Gasteiger partial charge in [0.05, 0.1) is 0 Å². The van der Waals surface area contributed by atoms with E-state index in [2.05, 4.69) is 61.6 Å². The number of carbonyl (C=O) groups is 1. The number of fused-ring (bicyclic) bond motifs is 1. The number of nitrogens with zero attached hydrogens (tertiary/aromatic N) is 1. The van der Waals surface area contributed by atoms with Gasteiger partial charge in [0.15, 0.2) is 0 Å². The molecule has 0 radical (unpaired) electrons. The molecule has 1 fully saturated rings. The predicted molar refractivity (Wildman–Crippen MR) is 114 cm³/mol. The Morgan fingerprint density at radius 3 is 2.57 bits per heavy atom. The Morgan fingerprint density at radius 2 is 1.86 bits per heavy atom. The zero-order valence-corrected chi connectivity index (χ0v) is 17.1. The van der Waals surface area contributed by atoms with E-state index < -0.39 is 0 Å². The average Bonchev–Trinajstić information content (AvgIpc) is 2.68. The molecule has 0 unspecified atom stereocenters. The quantitative estimate of drug-likeness (QED) is 0.847. The Morgan fingerprint density at radius 1 is 1.11 bits per heavy atom. The van der Waals surface area contributed by atoms with E-state index in [1.807, 2.05) is 4.90 Å². The van der Waals surface area contributed by atoms with Gasteiger partial charge in [-0.25, -0.2) is 0 Å². The Kier molecular flexibility index (Phi) is 5.51. The van der Waals surface area contributed by atoms with Gasteiger partial charge in [0.2, 0.25) is 5.91 Å².